The van der Waals surface area contributed by atoms with Crippen LogP contribution in [0.2, 0.25) is 6.04 Å². The van der Waals surface area contributed by atoms with Crippen molar-refractivity contribution in [2.45, 2.75) is 97.4 Å². The van der Waals surface area contributed by atoms with Crippen LogP contribution in [0.15, 0.2) is 24.3 Å². The first-order valence-electron chi connectivity index (χ1n) is 12.5. The third-order valence-corrected chi connectivity index (χ3v) is 8.95. The van der Waals surface area contributed by atoms with E-state index < -0.39 is 26.7 Å². The molecule has 1 fully saturated rings. The fraction of sp³-hybridized carbons (Fsp3) is 0.654. The summed E-state index contributed by atoms with van der Waals surface area (Å²) in [5.74, 6) is 0.499. The van der Waals surface area contributed by atoms with E-state index in [1.165, 1.54) is 64.9 Å². The minimum atomic E-state index is -3.73. The molecule has 8 heteroatoms. The Bertz CT molecular complexity index is 744. The summed E-state index contributed by atoms with van der Waals surface area (Å²) in [6.07, 6.45) is 9.98. The smallest absolute Gasteiger partial charge is 0.494 e. The van der Waals surface area contributed by atoms with E-state index >= 15 is 0 Å². The third kappa shape index (κ3) is 9.87. The maximum atomic E-state index is 11.5. The van der Waals surface area contributed by atoms with Crippen molar-refractivity contribution in [1.82, 2.24) is 0 Å². The van der Waals surface area contributed by atoms with Gasteiger partial charge in [0, 0.05) is 20.8 Å². The molecule has 1 aromatic rings. The Kier molecular flexibility index (Phi) is 11.6. The lowest BCUT2D eigenvalue weighted by Gasteiger charge is -2.28. The van der Waals surface area contributed by atoms with E-state index in [-0.39, 0.29) is 6.04 Å². The van der Waals surface area contributed by atoms with Crippen molar-refractivity contribution in [1.29, 1.82) is 0 Å². The number of carbonyl (C=O) groups is 3. The Morgan fingerprint density at radius 3 is 1.88 bits per heavy atom. The van der Waals surface area contributed by atoms with Crippen LogP contribution in [0.1, 0.15) is 97.0 Å². The van der Waals surface area contributed by atoms with Crippen molar-refractivity contribution in [3.63, 3.8) is 0 Å². The Morgan fingerprint density at radius 1 is 0.824 bits per heavy atom. The molecular weight excluding hydrogens is 452 g/mol. The van der Waals surface area contributed by atoms with Crippen LogP contribution in [-0.2, 0) is 27.7 Å². The van der Waals surface area contributed by atoms with Crippen LogP contribution in [0.25, 0.3) is 0 Å². The fourth-order valence-electron chi connectivity index (χ4n) is 4.71. The molecule has 1 aliphatic carbocycles. The first-order chi connectivity index (χ1) is 16.2. The van der Waals surface area contributed by atoms with Crippen LogP contribution in [0.3, 0.4) is 0 Å². The van der Waals surface area contributed by atoms with Crippen LogP contribution in [-0.4, -0.2) is 33.3 Å². The van der Waals surface area contributed by atoms with E-state index in [9.17, 15) is 14.4 Å². The van der Waals surface area contributed by atoms with E-state index in [1.807, 2.05) is 12.1 Å². The first kappa shape index (κ1) is 27.9. The quantitative estimate of drug-likeness (QED) is 0.249. The maximum Gasteiger partial charge on any atom is 0.705 e. The molecule has 0 radical (unpaired) electrons. The molecule has 190 valence electrons. The fourth-order valence-corrected chi connectivity index (χ4v) is 7.14. The third-order valence-electron chi connectivity index (χ3n) is 6.19. The lowest BCUT2D eigenvalue weighted by Crippen LogP contribution is -2.49. The lowest BCUT2D eigenvalue weighted by atomic mass is 9.77. The van der Waals surface area contributed by atoms with Gasteiger partial charge in [-0.3, -0.25) is 14.4 Å². The monoisotopic (exact) mass is 492 g/mol. The molecule has 0 saturated heterocycles. The van der Waals surface area contributed by atoms with Gasteiger partial charge in [0.25, 0.3) is 17.9 Å². The summed E-state index contributed by atoms with van der Waals surface area (Å²) in [5, 5.41) is 0. The highest BCUT2D eigenvalue weighted by Crippen LogP contribution is 2.37. The van der Waals surface area contributed by atoms with Gasteiger partial charge in [-0.25, -0.2) is 0 Å². The zero-order chi connectivity index (χ0) is 25.0. The topological polar surface area (TPSA) is 88.1 Å². The van der Waals surface area contributed by atoms with Gasteiger partial charge in [0.05, 0.1) is 12.7 Å². The highest BCUT2D eigenvalue weighted by molar-refractivity contribution is 6.65. The second kappa shape index (κ2) is 14.1. The predicted molar refractivity (Wildman–Crippen MR) is 131 cm³/mol. The minimum Gasteiger partial charge on any atom is -0.494 e. The zero-order valence-corrected chi connectivity index (χ0v) is 22.1. The second-order valence-corrected chi connectivity index (χ2v) is 11.7. The lowest BCUT2D eigenvalue weighted by molar-refractivity contribution is -0.147. The maximum absolute atomic E-state index is 11.5. The number of rotatable bonds is 13. The predicted octanol–water partition coefficient (Wildman–Crippen LogP) is 5.94. The Hall–Kier alpha value is -2.35. The minimum absolute atomic E-state index is 0.195. The number of hydrogen-bond acceptors (Lipinski definition) is 7. The van der Waals surface area contributed by atoms with Gasteiger partial charge in [-0.2, -0.15) is 0 Å². The summed E-state index contributed by atoms with van der Waals surface area (Å²) >= 11 is 0. The standard InChI is InChI=1S/C26H40O7Si/c1-5-9-23-10-12-24(13-11-23)25-14-16-26(17-15-25)30-18-7-6-8-19-34(31-20(2)27,32-21(3)28)33-22(4)29/h14-17,23-24H,5-13,18-19H2,1-4H3/t23-,24-. The molecule has 34 heavy (non-hydrogen) atoms. The molecule has 0 unspecified atom stereocenters. The average Bonchev–Trinajstić information content (AvgIpc) is 2.76. The molecule has 0 N–H and O–H groups in total. The molecule has 7 nitrogen and oxygen atoms in total. The van der Waals surface area contributed by atoms with Crippen molar-refractivity contribution >= 4 is 26.7 Å². The van der Waals surface area contributed by atoms with Crippen LogP contribution < -0.4 is 4.74 Å². The van der Waals surface area contributed by atoms with Crippen molar-refractivity contribution in [2.75, 3.05) is 6.61 Å². The van der Waals surface area contributed by atoms with Crippen LogP contribution >= 0.6 is 0 Å². The van der Waals surface area contributed by atoms with Crippen LogP contribution in [0.4, 0.5) is 0 Å². The largest absolute Gasteiger partial charge is 0.705 e. The van der Waals surface area contributed by atoms with E-state index in [1.54, 1.807) is 0 Å². The van der Waals surface area contributed by atoms with E-state index in [0.29, 0.717) is 18.9 Å². The highest BCUT2D eigenvalue weighted by Gasteiger charge is 2.51. The highest BCUT2D eigenvalue weighted by atomic mass is 28.4. The van der Waals surface area contributed by atoms with E-state index in [2.05, 4.69) is 19.1 Å². The second-order valence-electron chi connectivity index (χ2n) is 9.20. The van der Waals surface area contributed by atoms with Crippen molar-refractivity contribution in [3.8, 4) is 5.75 Å². The molecule has 0 bridgehead atoms. The Balaban J connectivity index is 1.74. The van der Waals surface area contributed by atoms with E-state index in [0.717, 1.165) is 24.5 Å². The molecule has 1 aromatic carbocycles. The summed E-state index contributed by atoms with van der Waals surface area (Å²) < 4.78 is 21.5. The Morgan fingerprint density at radius 2 is 1.38 bits per heavy atom. The molecule has 1 aliphatic rings. The summed E-state index contributed by atoms with van der Waals surface area (Å²) in [4.78, 5) is 34.5. The van der Waals surface area contributed by atoms with Gasteiger partial charge in [-0.05, 0) is 74.5 Å². The summed E-state index contributed by atoms with van der Waals surface area (Å²) in [7, 11) is -3.73. The van der Waals surface area contributed by atoms with Gasteiger partial charge in [0.2, 0.25) is 0 Å². The van der Waals surface area contributed by atoms with Crippen LogP contribution in [0.5, 0.6) is 5.75 Å². The van der Waals surface area contributed by atoms with Gasteiger partial charge in [0.1, 0.15) is 5.75 Å². The molecule has 1 saturated carbocycles. The summed E-state index contributed by atoms with van der Waals surface area (Å²) in [5.41, 5.74) is 1.41. The summed E-state index contributed by atoms with van der Waals surface area (Å²) in [6.45, 7) is 6.42. The van der Waals surface area contributed by atoms with Crippen molar-refractivity contribution in [3.05, 3.63) is 29.8 Å². The Labute approximate surface area is 204 Å². The number of carbonyl (C=O) groups excluding carboxylic acids is 3. The molecule has 0 aromatic heterocycles. The normalized spacial score (nSPS) is 18.1. The number of benzene rings is 1. The number of hydrogen-bond donors (Lipinski definition) is 0. The number of unbranched alkanes of at least 4 members (excludes halogenated alkanes) is 2. The van der Waals surface area contributed by atoms with Gasteiger partial charge < -0.3 is 18.0 Å². The van der Waals surface area contributed by atoms with Crippen molar-refractivity contribution < 1.29 is 32.4 Å². The van der Waals surface area contributed by atoms with E-state index in [4.69, 9.17) is 18.0 Å². The van der Waals surface area contributed by atoms with Crippen LogP contribution in [0, 0.1) is 5.92 Å². The molecular formula is C26H40O7Si. The van der Waals surface area contributed by atoms with Gasteiger partial charge in [-0.1, -0.05) is 31.9 Å². The van der Waals surface area contributed by atoms with Gasteiger partial charge in [0.15, 0.2) is 0 Å². The number of ether oxygens (including phenoxy) is 1. The molecule has 0 amide bonds. The summed E-state index contributed by atoms with van der Waals surface area (Å²) in [6, 6.07) is 8.68. The molecule has 0 aliphatic heterocycles. The SMILES string of the molecule is CCC[C@H]1CC[C@H](c2ccc(OCCCCC[Si](OC(C)=O)(OC(C)=O)OC(C)=O)cc2)CC1. The molecule has 0 atom stereocenters. The molecule has 2 rings (SSSR count). The molecule has 0 heterocycles. The average molecular weight is 493 g/mol. The zero-order valence-electron chi connectivity index (χ0n) is 21.1. The van der Waals surface area contributed by atoms with Gasteiger partial charge >= 0.3 is 8.80 Å². The first-order valence-corrected chi connectivity index (χ1v) is 14.5. The van der Waals surface area contributed by atoms with Crippen molar-refractivity contribution in [2.24, 2.45) is 5.92 Å². The van der Waals surface area contributed by atoms with Gasteiger partial charge in [-0.15, -0.1) is 0 Å². The molecule has 0 spiro atoms.